The summed E-state index contributed by atoms with van der Waals surface area (Å²) in [6.45, 7) is 4.31. The quantitative estimate of drug-likeness (QED) is 0.887. The van der Waals surface area contributed by atoms with Crippen LogP contribution in [0.15, 0.2) is 42.7 Å². The Labute approximate surface area is 109 Å². The number of aromatic nitrogens is 1. The van der Waals surface area contributed by atoms with E-state index in [4.69, 9.17) is 0 Å². The molecule has 0 amide bonds. The SMILES string of the molecule is CNC(Cc1cccnc1)c1ccc(C)c(C)c1. The van der Waals surface area contributed by atoms with Gasteiger partial charge in [-0.05, 0) is 55.6 Å². The van der Waals surface area contributed by atoms with Crippen LogP contribution >= 0.6 is 0 Å². The van der Waals surface area contributed by atoms with Crippen LogP contribution in [0.2, 0.25) is 0 Å². The van der Waals surface area contributed by atoms with Crippen molar-refractivity contribution in [3.05, 3.63) is 65.0 Å². The third kappa shape index (κ3) is 2.96. The van der Waals surface area contributed by atoms with E-state index in [9.17, 15) is 0 Å². The molecule has 2 aromatic rings. The Morgan fingerprint density at radius 2 is 2.00 bits per heavy atom. The molecule has 0 aliphatic heterocycles. The lowest BCUT2D eigenvalue weighted by Gasteiger charge is -2.17. The summed E-state index contributed by atoms with van der Waals surface area (Å²) >= 11 is 0. The third-order valence-electron chi connectivity index (χ3n) is 3.44. The van der Waals surface area contributed by atoms with Gasteiger partial charge in [-0.15, -0.1) is 0 Å². The molecule has 0 saturated carbocycles. The molecule has 1 unspecified atom stereocenters. The maximum atomic E-state index is 4.17. The average molecular weight is 240 g/mol. The molecule has 2 heteroatoms. The minimum Gasteiger partial charge on any atom is -0.313 e. The number of benzene rings is 1. The van der Waals surface area contributed by atoms with E-state index >= 15 is 0 Å². The van der Waals surface area contributed by atoms with Crippen LogP contribution in [0.4, 0.5) is 0 Å². The van der Waals surface area contributed by atoms with E-state index in [-0.39, 0.29) is 0 Å². The largest absolute Gasteiger partial charge is 0.313 e. The van der Waals surface area contributed by atoms with Crippen molar-refractivity contribution in [3.63, 3.8) is 0 Å². The smallest absolute Gasteiger partial charge is 0.0359 e. The lowest BCUT2D eigenvalue weighted by atomic mass is 9.97. The van der Waals surface area contributed by atoms with Gasteiger partial charge in [0.25, 0.3) is 0 Å². The summed E-state index contributed by atoms with van der Waals surface area (Å²) in [6.07, 6.45) is 4.71. The molecule has 0 aliphatic carbocycles. The zero-order valence-electron chi connectivity index (χ0n) is 11.3. The van der Waals surface area contributed by atoms with Gasteiger partial charge in [-0.1, -0.05) is 24.3 Å². The van der Waals surface area contributed by atoms with Crippen molar-refractivity contribution < 1.29 is 0 Å². The summed E-state index contributed by atoms with van der Waals surface area (Å²) in [5.41, 5.74) is 5.29. The van der Waals surface area contributed by atoms with E-state index in [1.807, 2.05) is 25.5 Å². The van der Waals surface area contributed by atoms with Gasteiger partial charge in [0.2, 0.25) is 0 Å². The van der Waals surface area contributed by atoms with Gasteiger partial charge in [-0.25, -0.2) is 0 Å². The van der Waals surface area contributed by atoms with E-state index in [1.54, 1.807) is 0 Å². The van der Waals surface area contributed by atoms with Crippen molar-refractivity contribution in [1.82, 2.24) is 10.3 Å². The van der Waals surface area contributed by atoms with Crippen molar-refractivity contribution in [2.24, 2.45) is 0 Å². The molecule has 1 aromatic heterocycles. The second-order valence-corrected chi connectivity index (χ2v) is 4.75. The molecular formula is C16H20N2. The number of nitrogens with one attached hydrogen (secondary N) is 1. The second kappa shape index (κ2) is 5.78. The molecule has 0 saturated heterocycles. The van der Waals surface area contributed by atoms with Crippen molar-refractivity contribution >= 4 is 0 Å². The summed E-state index contributed by atoms with van der Waals surface area (Å²) in [7, 11) is 2.01. The fraction of sp³-hybridized carbons (Fsp3) is 0.312. The maximum absolute atomic E-state index is 4.17. The molecule has 1 aromatic carbocycles. The highest BCUT2D eigenvalue weighted by Gasteiger charge is 2.10. The normalized spacial score (nSPS) is 12.4. The van der Waals surface area contributed by atoms with Crippen LogP contribution in [0.5, 0.6) is 0 Å². The molecule has 2 nitrogen and oxygen atoms in total. The molecule has 0 aliphatic rings. The van der Waals surface area contributed by atoms with Gasteiger partial charge in [-0.2, -0.15) is 0 Å². The molecular weight excluding hydrogens is 220 g/mol. The molecule has 1 heterocycles. The van der Waals surface area contributed by atoms with E-state index in [0.717, 1.165) is 6.42 Å². The van der Waals surface area contributed by atoms with Gasteiger partial charge >= 0.3 is 0 Å². The zero-order valence-corrected chi connectivity index (χ0v) is 11.3. The Morgan fingerprint density at radius 1 is 1.17 bits per heavy atom. The molecule has 1 N–H and O–H groups in total. The third-order valence-corrected chi connectivity index (χ3v) is 3.44. The van der Waals surface area contributed by atoms with Gasteiger partial charge in [0.1, 0.15) is 0 Å². The number of likely N-dealkylation sites (N-methyl/N-ethyl adjacent to an activating group) is 1. The highest BCUT2D eigenvalue weighted by Crippen LogP contribution is 2.20. The Hall–Kier alpha value is -1.67. The molecule has 0 radical (unpaired) electrons. The monoisotopic (exact) mass is 240 g/mol. The molecule has 0 fully saturated rings. The molecule has 94 valence electrons. The first-order valence-corrected chi connectivity index (χ1v) is 6.34. The van der Waals surface area contributed by atoms with E-state index < -0.39 is 0 Å². The van der Waals surface area contributed by atoms with Crippen molar-refractivity contribution in [2.75, 3.05) is 7.05 Å². The van der Waals surface area contributed by atoms with Crippen molar-refractivity contribution in [1.29, 1.82) is 0 Å². The summed E-state index contributed by atoms with van der Waals surface area (Å²) in [5, 5.41) is 3.39. The fourth-order valence-corrected chi connectivity index (χ4v) is 2.12. The zero-order chi connectivity index (χ0) is 13.0. The summed E-state index contributed by atoms with van der Waals surface area (Å²) in [4.78, 5) is 4.17. The van der Waals surface area contributed by atoms with Gasteiger partial charge in [0.15, 0.2) is 0 Å². The van der Waals surface area contributed by atoms with E-state index in [1.165, 1.54) is 22.3 Å². The average Bonchev–Trinajstić information content (AvgIpc) is 2.40. The summed E-state index contributed by atoms with van der Waals surface area (Å²) < 4.78 is 0. The van der Waals surface area contributed by atoms with Gasteiger partial charge in [-0.3, -0.25) is 4.98 Å². The van der Waals surface area contributed by atoms with Gasteiger partial charge in [0, 0.05) is 18.4 Å². The molecule has 0 bridgehead atoms. The maximum Gasteiger partial charge on any atom is 0.0359 e. The number of hydrogen-bond acceptors (Lipinski definition) is 2. The first-order valence-electron chi connectivity index (χ1n) is 6.34. The number of hydrogen-bond donors (Lipinski definition) is 1. The van der Waals surface area contributed by atoms with Gasteiger partial charge < -0.3 is 5.32 Å². The summed E-state index contributed by atoms with van der Waals surface area (Å²) in [6, 6.07) is 11.1. The first-order chi connectivity index (χ1) is 8.70. The fourth-order valence-electron chi connectivity index (χ4n) is 2.12. The standard InChI is InChI=1S/C16H20N2/c1-12-6-7-15(9-13(12)2)16(17-3)10-14-5-4-8-18-11-14/h4-9,11,16-17H,10H2,1-3H3. The van der Waals surface area contributed by atoms with Crippen LogP contribution in [0.1, 0.15) is 28.3 Å². The summed E-state index contributed by atoms with van der Waals surface area (Å²) in [5.74, 6) is 0. The minimum atomic E-state index is 0.341. The minimum absolute atomic E-state index is 0.341. The molecule has 18 heavy (non-hydrogen) atoms. The Bertz CT molecular complexity index is 506. The number of aryl methyl sites for hydroxylation is 2. The number of pyridine rings is 1. The van der Waals surface area contributed by atoms with E-state index in [0.29, 0.717) is 6.04 Å². The molecule has 1 atom stereocenters. The number of rotatable bonds is 4. The topological polar surface area (TPSA) is 24.9 Å². The Kier molecular flexibility index (Phi) is 4.11. The predicted octanol–water partition coefficient (Wildman–Crippen LogP) is 3.20. The van der Waals surface area contributed by atoms with Crippen molar-refractivity contribution in [2.45, 2.75) is 26.3 Å². The molecule has 2 rings (SSSR count). The van der Waals surface area contributed by atoms with Crippen LogP contribution in [0, 0.1) is 13.8 Å². The van der Waals surface area contributed by atoms with Crippen LogP contribution in [-0.2, 0) is 6.42 Å². The van der Waals surface area contributed by atoms with Gasteiger partial charge in [0.05, 0.1) is 0 Å². The van der Waals surface area contributed by atoms with Crippen molar-refractivity contribution in [3.8, 4) is 0 Å². The lowest BCUT2D eigenvalue weighted by Crippen LogP contribution is -2.19. The predicted molar refractivity (Wildman–Crippen MR) is 75.7 cm³/mol. The lowest BCUT2D eigenvalue weighted by molar-refractivity contribution is 0.590. The Morgan fingerprint density at radius 3 is 2.61 bits per heavy atom. The highest BCUT2D eigenvalue weighted by atomic mass is 14.9. The first kappa shape index (κ1) is 12.8. The van der Waals surface area contributed by atoms with Crippen LogP contribution in [0.3, 0.4) is 0 Å². The second-order valence-electron chi connectivity index (χ2n) is 4.75. The van der Waals surface area contributed by atoms with Crippen LogP contribution in [-0.4, -0.2) is 12.0 Å². The van der Waals surface area contributed by atoms with E-state index in [2.05, 4.69) is 48.4 Å². The van der Waals surface area contributed by atoms with Crippen LogP contribution < -0.4 is 5.32 Å². The number of nitrogens with zero attached hydrogens (tertiary/aromatic N) is 1. The van der Waals surface area contributed by atoms with Crippen LogP contribution in [0.25, 0.3) is 0 Å². The highest BCUT2D eigenvalue weighted by molar-refractivity contribution is 5.32. The Balaban J connectivity index is 2.20. The molecule has 0 spiro atoms.